The highest BCUT2D eigenvalue weighted by Crippen LogP contribution is 2.31. The lowest BCUT2D eigenvalue weighted by atomic mass is 9.95. The van der Waals surface area contributed by atoms with Gasteiger partial charge < -0.3 is 9.72 Å². The minimum absolute atomic E-state index is 0.0877. The zero-order valence-corrected chi connectivity index (χ0v) is 18.2. The van der Waals surface area contributed by atoms with Crippen LogP contribution in [0.15, 0.2) is 23.0 Å². The molecule has 0 radical (unpaired) electrons. The molecule has 1 aromatic carbocycles. The second-order valence-electron chi connectivity index (χ2n) is 8.48. The van der Waals surface area contributed by atoms with Crippen LogP contribution in [0.4, 0.5) is 0 Å². The number of methoxy groups -OCH3 is 1. The Balaban J connectivity index is 1.85. The average molecular weight is 411 g/mol. The highest BCUT2D eigenvalue weighted by Gasteiger charge is 2.32. The molecule has 0 saturated carbocycles. The number of hydrogen-bond donors (Lipinski definition) is 1. The number of nitrogens with one attached hydrogen (secondary N) is 1. The number of nitrogens with zero attached hydrogens (tertiary/aromatic N) is 5. The van der Waals surface area contributed by atoms with Crippen LogP contribution < -0.4 is 5.56 Å². The normalized spacial score (nSPS) is 18.7. The smallest absolute Gasteiger partial charge is 0.253 e. The average Bonchev–Trinajstić information content (AvgIpc) is 3.17. The number of pyridine rings is 1. The number of piperidine rings is 1. The van der Waals surface area contributed by atoms with Crippen LogP contribution in [0, 0.1) is 19.8 Å². The molecule has 3 aromatic rings. The fraction of sp³-hybridized carbons (Fsp3) is 0.545. The van der Waals surface area contributed by atoms with Crippen molar-refractivity contribution in [2.45, 2.75) is 46.2 Å². The van der Waals surface area contributed by atoms with Crippen molar-refractivity contribution in [1.82, 2.24) is 30.1 Å². The van der Waals surface area contributed by atoms with Crippen LogP contribution in [-0.4, -0.2) is 56.9 Å². The van der Waals surface area contributed by atoms with Gasteiger partial charge in [0.05, 0.1) is 13.2 Å². The minimum Gasteiger partial charge on any atom is -0.383 e. The van der Waals surface area contributed by atoms with Gasteiger partial charge in [-0.1, -0.05) is 6.92 Å². The molecule has 1 fully saturated rings. The van der Waals surface area contributed by atoms with E-state index in [9.17, 15) is 4.79 Å². The first kappa shape index (κ1) is 20.7. The Hall–Kier alpha value is -2.58. The molecule has 1 aliphatic heterocycles. The summed E-state index contributed by atoms with van der Waals surface area (Å²) in [5.41, 5.74) is 3.82. The van der Waals surface area contributed by atoms with Crippen LogP contribution in [-0.2, 0) is 11.3 Å². The Kier molecular flexibility index (Phi) is 5.97. The molecule has 2 aromatic heterocycles. The summed E-state index contributed by atoms with van der Waals surface area (Å²) in [5.74, 6) is 1.25. The summed E-state index contributed by atoms with van der Waals surface area (Å²) in [6, 6.07) is 5.89. The van der Waals surface area contributed by atoms with Crippen molar-refractivity contribution in [3.05, 3.63) is 51.1 Å². The van der Waals surface area contributed by atoms with Gasteiger partial charge in [-0.05, 0) is 84.3 Å². The Morgan fingerprint density at radius 1 is 1.27 bits per heavy atom. The summed E-state index contributed by atoms with van der Waals surface area (Å²) < 4.78 is 6.99. The SMILES string of the molecule is COCCn1nnnc1[C@H](c1cc2cc(C)c(C)cc2[nH]c1=O)N1CCC[C@H](C)C1. The fourth-order valence-electron chi connectivity index (χ4n) is 4.40. The summed E-state index contributed by atoms with van der Waals surface area (Å²) in [7, 11) is 1.66. The summed E-state index contributed by atoms with van der Waals surface area (Å²) >= 11 is 0. The third-order valence-corrected chi connectivity index (χ3v) is 6.15. The van der Waals surface area contributed by atoms with Crippen LogP contribution in [0.3, 0.4) is 0 Å². The predicted octanol–water partition coefficient (Wildman–Crippen LogP) is 2.60. The second-order valence-corrected chi connectivity index (χ2v) is 8.48. The molecule has 2 atom stereocenters. The van der Waals surface area contributed by atoms with E-state index in [1.807, 2.05) is 12.1 Å². The number of ether oxygens (including phenoxy) is 1. The summed E-state index contributed by atoms with van der Waals surface area (Å²) in [6.07, 6.45) is 2.30. The number of benzene rings is 1. The van der Waals surface area contributed by atoms with Crippen LogP contribution in [0.2, 0.25) is 0 Å². The fourth-order valence-corrected chi connectivity index (χ4v) is 4.40. The van der Waals surface area contributed by atoms with Crippen LogP contribution in [0.5, 0.6) is 0 Å². The Labute approximate surface area is 176 Å². The van der Waals surface area contributed by atoms with Crippen molar-refractivity contribution in [2.75, 3.05) is 26.8 Å². The molecule has 0 amide bonds. The molecule has 0 unspecified atom stereocenters. The number of rotatable bonds is 6. The number of aromatic nitrogens is 5. The summed E-state index contributed by atoms with van der Waals surface area (Å²) in [5, 5.41) is 13.5. The van der Waals surface area contributed by atoms with Gasteiger partial charge in [0.25, 0.3) is 5.56 Å². The minimum atomic E-state index is -0.297. The maximum atomic E-state index is 13.2. The zero-order chi connectivity index (χ0) is 21.3. The number of aryl methyl sites for hydroxylation is 2. The maximum absolute atomic E-state index is 13.2. The van der Waals surface area contributed by atoms with E-state index in [0.717, 1.165) is 36.0 Å². The number of aromatic amines is 1. The number of H-pyrrole nitrogens is 1. The lowest BCUT2D eigenvalue weighted by Gasteiger charge is -2.36. The van der Waals surface area contributed by atoms with Gasteiger partial charge in [-0.15, -0.1) is 5.10 Å². The summed E-state index contributed by atoms with van der Waals surface area (Å²) in [4.78, 5) is 18.7. The Morgan fingerprint density at radius 2 is 2.07 bits per heavy atom. The van der Waals surface area contributed by atoms with Gasteiger partial charge in [-0.3, -0.25) is 9.69 Å². The van der Waals surface area contributed by atoms with E-state index in [4.69, 9.17) is 4.74 Å². The van der Waals surface area contributed by atoms with E-state index in [-0.39, 0.29) is 11.6 Å². The number of likely N-dealkylation sites (tertiary alicyclic amines) is 1. The van der Waals surface area contributed by atoms with Gasteiger partial charge in [0.1, 0.15) is 6.04 Å². The number of fused-ring (bicyclic) bond motifs is 1. The number of hydrogen-bond acceptors (Lipinski definition) is 6. The molecule has 0 spiro atoms. The molecular formula is C22H30N6O2. The van der Waals surface area contributed by atoms with E-state index >= 15 is 0 Å². The Bertz CT molecular complexity index is 1090. The first-order valence-corrected chi connectivity index (χ1v) is 10.6. The van der Waals surface area contributed by atoms with Gasteiger partial charge in [0, 0.05) is 24.7 Å². The monoisotopic (exact) mass is 410 g/mol. The van der Waals surface area contributed by atoms with Crippen molar-refractivity contribution in [2.24, 2.45) is 5.92 Å². The zero-order valence-electron chi connectivity index (χ0n) is 18.2. The third kappa shape index (κ3) is 4.02. The molecule has 3 heterocycles. The molecule has 0 bridgehead atoms. The van der Waals surface area contributed by atoms with E-state index in [1.165, 1.54) is 12.0 Å². The standard InChI is InChI=1S/C22H30N6O2/c1-14-6-5-7-27(13-14)20(21-24-25-26-28(21)8-9-30-4)18-12-17-10-15(2)16(3)11-19(17)23-22(18)29/h10-12,14,20H,5-9,13H2,1-4H3,(H,23,29)/t14-,20-/m0/s1. The first-order chi connectivity index (χ1) is 14.5. The molecule has 30 heavy (non-hydrogen) atoms. The van der Waals surface area contributed by atoms with E-state index in [1.54, 1.807) is 11.8 Å². The van der Waals surface area contributed by atoms with Gasteiger partial charge in [-0.25, -0.2) is 4.68 Å². The first-order valence-electron chi connectivity index (χ1n) is 10.6. The molecule has 4 rings (SSSR count). The lowest BCUT2D eigenvalue weighted by molar-refractivity contribution is 0.137. The highest BCUT2D eigenvalue weighted by molar-refractivity contribution is 5.81. The lowest BCUT2D eigenvalue weighted by Crippen LogP contribution is -2.41. The van der Waals surface area contributed by atoms with E-state index < -0.39 is 0 Å². The van der Waals surface area contributed by atoms with Crippen LogP contribution in [0.1, 0.15) is 48.3 Å². The molecular weight excluding hydrogens is 380 g/mol. The molecule has 1 N–H and O–H groups in total. The molecule has 1 saturated heterocycles. The van der Waals surface area contributed by atoms with Crippen LogP contribution in [0.25, 0.3) is 10.9 Å². The molecule has 0 aliphatic carbocycles. The van der Waals surface area contributed by atoms with Gasteiger partial charge in [0.2, 0.25) is 0 Å². The van der Waals surface area contributed by atoms with Crippen molar-refractivity contribution < 1.29 is 4.74 Å². The van der Waals surface area contributed by atoms with Crippen molar-refractivity contribution >= 4 is 10.9 Å². The van der Waals surface area contributed by atoms with E-state index in [2.05, 4.69) is 52.2 Å². The maximum Gasteiger partial charge on any atom is 0.253 e. The van der Waals surface area contributed by atoms with Crippen LogP contribution >= 0.6 is 0 Å². The Morgan fingerprint density at radius 3 is 2.83 bits per heavy atom. The highest BCUT2D eigenvalue weighted by atomic mass is 16.5. The van der Waals surface area contributed by atoms with E-state index in [0.29, 0.717) is 30.5 Å². The molecule has 8 heteroatoms. The number of tetrazole rings is 1. The van der Waals surface area contributed by atoms with Crippen molar-refractivity contribution in [3.8, 4) is 0 Å². The van der Waals surface area contributed by atoms with Crippen molar-refractivity contribution in [1.29, 1.82) is 0 Å². The molecule has 8 nitrogen and oxygen atoms in total. The van der Waals surface area contributed by atoms with Gasteiger partial charge in [-0.2, -0.15) is 0 Å². The topological polar surface area (TPSA) is 88.9 Å². The molecule has 1 aliphatic rings. The van der Waals surface area contributed by atoms with Gasteiger partial charge in [0.15, 0.2) is 5.82 Å². The molecule has 160 valence electrons. The summed E-state index contributed by atoms with van der Waals surface area (Å²) in [6.45, 7) is 9.28. The third-order valence-electron chi connectivity index (χ3n) is 6.15. The quantitative estimate of drug-likeness (QED) is 0.672. The van der Waals surface area contributed by atoms with Crippen molar-refractivity contribution in [3.63, 3.8) is 0 Å². The second kappa shape index (κ2) is 8.65. The van der Waals surface area contributed by atoms with Gasteiger partial charge >= 0.3 is 0 Å². The largest absolute Gasteiger partial charge is 0.383 e. The predicted molar refractivity (Wildman–Crippen MR) is 116 cm³/mol.